The summed E-state index contributed by atoms with van der Waals surface area (Å²) in [7, 11) is -3.35. The Kier molecular flexibility index (Phi) is 4.44. The molecule has 0 aromatic heterocycles. The number of sulfone groups is 1. The summed E-state index contributed by atoms with van der Waals surface area (Å²) in [5.74, 6) is 0. The van der Waals surface area contributed by atoms with Gasteiger partial charge in [0, 0.05) is 17.8 Å². The first-order valence-electron chi connectivity index (χ1n) is 8.99. The van der Waals surface area contributed by atoms with Crippen molar-refractivity contribution >= 4 is 21.6 Å². The summed E-state index contributed by atoms with van der Waals surface area (Å²) in [6, 6.07) is 17.9. The second-order valence-electron chi connectivity index (χ2n) is 7.04. The van der Waals surface area contributed by atoms with E-state index >= 15 is 0 Å². The Morgan fingerprint density at radius 1 is 0.885 bits per heavy atom. The summed E-state index contributed by atoms with van der Waals surface area (Å²) in [5, 5.41) is 2.52. The molecule has 2 amide bonds. The molecule has 2 aromatic rings. The standard InChI is InChI=1S/C20H22N2O3S/c23-20(21-15-7-3-1-4-8-15)22-16-11-12-17(22)14-19(13-16)26(24,25)18-9-5-2-6-10-18/h1-10,16-17,19H,11-14H2,(H,21,23)/t16-,17-/m1/s1. The van der Waals surface area contributed by atoms with E-state index in [4.69, 9.17) is 0 Å². The number of para-hydroxylation sites is 1. The number of fused-ring (bicyclic) bond motifs is 2. The minimum absolute atomic E-state index is 0.0130. The number of nitrogens with zero attached hydrogens (tertiary/aromatic N) is 1. The fourth-order valence-electron chi connectivity index (χ4n) is 4.22. The van der Waals surface area contributed by atoms with Crippen molar-refractivity contribution in [3.05, 3.63) is 60.7 Å². The van der Waals surface area contributed by atoms with Crippen LogP contribution in [0.1, 0.15) is 25.7 Å². The minimum Gasteiger partial charge on any atom is -0.318 e. The molecule has 0 spiro atoms. The third kappa shape index (κ3) is 3.09. The van der Waals surface area contributed by atoms with E-state index in [0.717, 1.165) is 18.5 Å². The van der Waals surface area contributed by atoms with Gasteiger partial charge in [0.15, 0.2) is 9.84 Å². The second-order valence-corrected chi connectivity index (χ2v) is 9.27. The summed E-state index contributed by atoms with van der Waals surface area (Å²) in [4.78, 5) is 15.0. The summed E-state index contributed by atoms with van der Waals surface area (Å²) in [5.41, 5.74) is 0.760. The second kappa shape index (κ2) is 6.76. The van der Waals surface area contributed by atoms with Crippen LogP contribution in [-0.2, 0) is 9.84 Å². The van der Waals surface area contributed by atoms with Crippen LogP contribution in [0.3, 0.4) is 0 Å². The lowest BCUT2D eigenvalue weighted by Gasteiger charge is -2.38. The number of carbonyl (C=O) groups excluding carboxylic acids is 1. The molecule has 2 aromatic carbocycles. The number of rotatable bonds is 3. The molecule has 2 aliphatic heterocycles. The molecular weight excluding hydrogens is 348 g/mol. The van der Waals surface area contributed by atoms with E-state index in [9.17, 15) is 13.2 Å². The summed E-state index contributed by atoms with van der Waals surface area (Å²) >= 11 is 0. The van der Waals surface area contributed by atoms with Crippen LogP contribution in [-0.4, -0.2) is 36.7 Å². The largest absolute Gasteiger partial charge is 0.322 e. The SMILES string of the molecule is O=C(Nc1ccccc1)N1[C@@H]2CC[C@@H]1CC(S(=O)(=O)c1ccccc1)C2. The first-order chi connectivity index (χ1) is 12.6. The van der Waals surface area contributed by atoms with Crippen molar-refractivity contribution in [2.45, 2.75) is 47.9 Å². The number of nitrogens with one attached hydrogen (secondary N) is 1. The van der Waals surface area contributed by atoms with Gasteiger partial charge in [-0.05, 0) is 49.9 Å². The van der Waals surface area contributed by atoms with Crippen LogP contribution in [0.4, 0.5) is 10.5 Å². The van der Waals surface area contributed by atoms with Crippen molar-refractivity contribution < 1.29 is 13.2 Å². The van der Waals surface area contributed by atoms with Gasteiger partial charge in [-0.25, -0.2) is 13.2 Å². The average Bonchev–Trinajstić information content (AvgIpc) is 2.93. The van der Waals surface area contributed by atoms with Crippen molar-refractivity contribution in [1.29, 1.82) is 0 Å². The molecule has 6 heteroatoms. The summed E-state index contributed by atoms with van der Waals surface area (Å²) < 4.78 is 25.9. The Bertz CT molecular complexity index is 870. The van der Waals surface area contributed by atoms with Crippen LogP contribution in [0.5, 0.6) is 0 Å². The fourth-order valence-corrected chi connectivity index (χ4v) is 6.10. The highest BCUT2D eigenvalue weighted by atomic mass is 32.2. The predicted molar refractivity (Wildman–Crippen MR) is 101 cm³/mol. The van der Waals surface area contributed by atoms with E-state index in [0.29, 0.717) is 17.7 Å². The summed E-state index contributed by atoms with van der Waals surface area (Å²) in [6.45, 7) is 0. The molecule has 0 unspecified atom stereocenters. The van der Waals surface area contributed by atoms with Gasteiger partial charge < -0.3 is 10.2 Å². The van der Waals surface area contributed by atoms with Gasteiger partial charge in [-0.15, -0.1) is 0 Å². The third-order valence-corrected chi connectivity index (χ3v) is 7.65. The molecule has 136 valence electrons. The molecule has 0 aliphatic carbocycles. The Hall–Kier alpha value is -2.34. The molecule has 0 radical (unpaired) electrons. The molecule has 4 rings (SSSR count). The monoisotopic (exact) mass is 370 g/mol. The highest BCUT2D eigenvalue weighted by Gasteiger charge is 2.47. The maximum absolute atomic E-state index is 13.0. The Morgan fingerprint density at radius 3 is 2.00 bits per heavy atom. The number of anilines is 1. The molecule has 1 N–H and O–H groups in total. The Morgan fingerprint density at radius 2 is 1.42 bits per heavy atom. The highest BCUT2D eigenvalue weighted by Crippen LogP contribution is 2.40. The minimum atomic E-state index is -3.35. The fraction of sp³-hybridized carbons (Fsp3) is 0.350. The van der Waals surface area contributed by atoms with Crippen LogP contribution in [0, 0.1) is 0 Å². The quantitative estimate of drug-likeness (QED) is 0.896. The Labute approximate surface area is 153 Å². The Balaban J connectivity index is 1.50. The summed E-state index contributed by atoms with van der Waals surface area (Å²) in [6.07, 6.45) is 2.76. The molecule has 2 atom stereocenters. The molecule has 2 bridgehead atoms. The lowest BCUT2D eigenvalue weighted by atomic mass is 10.0. The third-order valence-electron chi connectivity index (χ3n) is 5.46. The highest BCUT2D eigenvalue weighted by molar-refractivity contribution is 7.92. The number of hydrogen-bond donors (Lipinski definition) is 1. The number of carbonyl (C=O) groups is 1. The molecule has 2 aliphatic rings. The van der Waals surface area contributed by atoms with Gasteiger partial charge in [-0.2, -0.15) is 0 Å². The van der Waals surface area contributed by atoms with Gasteiger partial charge >= 0.3 is 6.03 Å². The number of amides is 2. The lowest BCUT2D eigenvalue weighted by Crippen LogP contribution is -2.51. The molecule has 26 heavy (non-hydrogen) atoms. The number of benzene rings is 2. The molecule has 5 nitrogen and oxygen atoms in total. The van der Waals surface area contributed by atoms with E-state index in [1.54, 1.807) is 24.3 Å². The zero-order chi connectivity index (χ0) is 18.1. The first-order valence-corrected chi connectivity index (χ1v) is 10.5. The molecule has 2 heterocycles. The van der Waals surface area contributed by atoms with Crippen molar-refractivity contribution in [2.24, 2.45) is 0 Å². The van der Waals surface area contributed by atoms with Gasteiger partial charge in [-0.3, -0.25) is 0 Å². The van der Waals surface area contributed by atoms with Crippen LogP contribution < -0.4 is 5.32 Å². The van der Waals surface area contributed by atoms with Crippen molar-refractivity contribution in [3.63, 3.8) is 0 Å². The van der Waals surface area contributed by atoms with E-state index in [1.165, 1.54) is 0 Å². The van der Waals surface area contributed by atoms with Gasteiger partial charge in [-0.1, -0.05) is 36.4 Å². The van der Waals surface area contributed by atoms with Gasteiger partial charge in [0.25, 0.3) is 0 Å². The zero-order valence-corrected chi connectivity index (χ0v) is 15.2. The number of piperidine rings is 1. The van der Waals surface area contributed by atoms with Crippen LogP contribution in [0.15, 0.2) is 65.6 Å². The molecular formula is C20H22N2O3S. The molecule has 2 fully saturated rings. The molecule has 0 saturated carbocycles. The first kappa shape index (κ1) is 17.1. The van der Waals surface area contributed by atoms with E-state index in [2.05, 4.69) is 5.32 Å². The molecule has 2 saturated heterocycles. The number of urea groups is 1. The van der Waals surface area contributed by atoms with Crippen molar-refractivity contribution in [2.75, 3.05) is 5.32 Å². The number of hydrogen-bond acceptors (Lipinski definition) is 3. The van der Waals surface area contributed by atoms with Crippen LogP contribution in [0.2, 0.25) is 0 Å². The maximum atomic E-state index is 13.0. The topological polar surface area (TPSA) is 66.5 Å². The van der Waals surface area contributed by atoms with Crippen molar-refractivity contribution in [1.82, 2.24) is 4.90 Å². The van der Waals surface area contributed by atoms with E-state index in [-0.39, 0.29) is 18.1 Å². The lowest BCUT2D eigenvalue weighted by molar-refractivity contribution is 0.160. The average molecular weight is 370 g/mol. The van der Waals surface area contributed by atoms with E-state index < -0.39 is 15.1 Å². The predicted octanol–water partition coefficient (Wildman–Crippen LogP) is 3.69. The van der Waals surface area contributed by atoms with Crippen LogP contribution >= 0.6 is 0 Å². The van der Waals surface area contributed by atoms with E-state index in [1.807, 2.05) is 41.3 Å². The normalized spacial score (nSPS) is 25.1. The van der Waals surface area contributed by atoms with Gasteiger partial charge in [0.2, 0.25) is 0 Å². The van der Waals surface area contributed by atoms with Crippen molar-refractivity contribution in [3.8, 4) is 0 Å². The van der Waals surface area contributed by atoms with Crippen LogP contribution in [0.25, 0.3) is 0 Å². The van der Waals surface area contributed by atoms with Gasteiger partial charge in [0.05, 0.1) is 10.1 Å². The zero-order valence-electron chi connectivity index (χ0n) is 14.4. The van der Waals surface area contributed by atoms with Gasteiger partial charge in [0.1, 0.15) is 0 Å². The smallest absolute Gasteiger partial charge is 0.318 e. The maximum Gasteiger partial charge on any atom is 0.322 e.